The maximum Gasteiger partial charge on any atom is 0.258 e. The number of likely N-dealkylation sites (tertiary alicyclic amines) is 1. The van der Waals surface area contributed by atoms with Crippen molar-refractivity contribution >= 4 is 50.2 Å². The number of hydrogen-bond acceptors (Lipinski definition) is 7. The van der Waals surface area contributed by atoms with Gasteiger partial charge in [-0.25, -0.2) is 14.4 Å². The summed E-state index contributed by atoms with van der Waals surface area (Å²) in [5.74, 6) is -0.668. The molecule has 1 fully saturated rings. The average molecular weight is 596 g/mol. The number of ketones is 1. The Balaban J connectivity index is 1.43. The molecule has 1 aromatic carbocycles. The number of nitrogens with zero attached hydrogens (tertiary/aromatic N) is 5. The summed E-state index contributed by atoms with van der Waals surface area (Å²) in [4.78, 5) is 63.2. The van der Waals surface area contributed by atoms with Crippen LogP contribution < -0.4 is 10.9 Å². The topological polar surface area (TPSA) is 143 Å². The number of aryl methyl sites for hydroxylation is 1. The maximum absolute atomic E-state index is 14.4. The number of hydrogen-bond donors (Lipinski definition) is 2. The SMILES string of the molecule is CC(=O)c1nn(CC(=O)N2C[C@H](F)C[C@H]2C(=O)Nc2cccc(Br)n2)c2ccc(-c3cnc(C)[nH]c3=O)cc12. The highest BCUT2D eigenvalue weighted by molar-refractivity contribution is 9.10. The molecule has 11 nitrogen and oxygen atoms in total. The van der Waals surface area contributed by atoms with E-state index in [0.717, 1.165) is 0 Å². The third-order valence-corrected chi connectivity index (χ3v) is 6.89. The number of halogens is 2. The molecule has 2 atom stereocenters. The molecule has 4 aromatic rings. The number of anilines is 1. The van der Waals surface area contributed by atoms with Gasteiger partial charge in [0.2, 0.25) is 11.8 Å². The first-order chi connectivity index (χ1) is 18.6. The monoisotopic (exact) mass is 595 g/mol. The van der Waals surface area contributed by atoms with E-state index in [-0.39, 0.29) is 42.4 Å². The molecule has 1 saturated heterocycles. The van der Waals surface area contributed by atoms with Crippen molar-refractivity contribution in [2.75, 3.05) is 11.9 Å². The lowest BCUT2D eigenvalue weighted by atomic mass is 10.0. The molecule has 0 saturated carbocycles. The van der Waals surface area contributed by atoms with E-state index < -0.39 is 24.0 Å². The largest absolute Gasteiger partial charge is 0.326 e. The van der Waals surface area contributed by atoms with Gasteiger partial charge in [0.15, 0.2) is 5.78 Å². The number of pyridine rings is 1. The zero-order valence-corrected chi connectivity index (χ0v) is 22.5. The van der Waals surface area contributed by atoms with Crippen LogP contribution in [0.4, 0.5) is 10.2 Å². The third kappa shape index (κ3) is 5.35. The van der Waals surface area contributed by atoms with E-state index in [9.17, 15) is 23.6 Å². The Kier molecular flexibility index (Phi) is 7.08. The van der Waals surface area contributed by atoms with Crippen LogP contribution in [-0.4, -0.2) is 66.0 Å². The number of amides is 2. The van der Waals surface area contributed by atoms with Crippen molar-refractivity contribution in [3.05, 3.63) is 69.1 Å². The number of benzene rings is 1. The van der Waals surface area contributed by atoms with E-state index in [1.54, 1.807) is 43.3 Å². The van der Waals surface area contributed by atoms with E-state index in [1.165, 1.54) is 22.7 Å². The lowest BCUT2D eigenvalue weighted by molar-refractivity contribution is -0.137. The highest BCUT2D eigenvalue weighted by Gasteiger charge is 2.40. The van der Waals surface area contributed by atoms with E-state index in [4.69, 9.17) is 0 Å². The van der Waals surface area contributed by atoms with Crippen LogP contribution in [0.15, 0.2) is 52.0 Å². The van der Waals surface area contributed by atoms with Crippen LogP contribution in [0.3, 0.4) is 0 Å². The minimum absolute atomic E-state index is 0.121. The number of aromatic nitrogens is 5. The Labute approximate surface area is 229 Å². The molecule has 3 aromatic heterocycles. The average Bonchev–Trinajstić information content (AvgIpc) is 3.44. The Morgan fingerprint density at radius 2 is 2.03 bits per heavy atom. The van der Waals surface area contributed by atoms with Crippen LogP contribution in [-0.2, 0) is 16.1 Å². The molecule has 0 radical (unpaired) electrons. The molecule has 4 heterocycles. The third-order valence-electron chi connectivity index (χ3n) is 6.45. The molecule has 2 N–H and O–H groups in total. The Bertz CT molecular complexity index is 1680. The summed E-state index contributed by atoms with van der Waals surface area (Å²) in [6.45, 7) is 2.46. The van der Waals surface area contributed by atoms with Crippen molar-refractivity contribution in [3.8, 4) is 11.1 Å². The fraction of sp³-hybridized carbons (Fsp3) is 0.269. The molecular formula is C26H23BrFN7O4. The van der Waals surface area contributed by atoms with Gasteiger partial charge >= 0.3 is 0 Å². The molecule has 39 heavy (non-hydrogen) atoms. The summed E-state index contributed by atoms with van der Waals surface area (Å²) in [6, 6.07) is 8.92. The molecule has 0 aliphatic carbocycles. The molecule has 13 heteroatoms. The predicted molar refractivity (Wildman–Crippen MR) is 144 cm³/mol. The number of carbonyl (C=O) groups is 3. The van der Waals surface area contributed by atoms with Crippen molar-refractivity contribution < 1.29 is 18.8 Å². The normalized spacial score (nSPS) is 17.0. The van der Waals surface area contributed by atoms with E-state index in [0.29, 0.717) is 32.5 Å². The van der Waals surface area contributed by atoms with Crippen LogP contribution in [0.25, 0.3) is 22.0 Å². The number of Topliss-reactive ketones (excluding diaryl/α,β-unsaturated/α-hetero) is 1. The molecule has 1 aliphatic rings. The van der Waals surface area contributed by atoms with E-state index >= 15 is 0 Å². The van der Waals surface area contributed by atoms with Crippen molar-refractivity contribution in [2.24, 2.45) is 0 Å². The highest BCUT2D eigenvalue weighted by Crippen LogP contribution is 2.27. The Morgan fingerprint density at radius 3 is 2.74 bits per heavy atom. The molecule has 200 valence electrons. The number of H-pyrrole nitrogens is 1. The lowest BCUT2D eigenvalue weighted by Gasteiger charge is -2.23. The van der Waals surface area contributed by atoms with E-state index in [2.05, 4.69) is 41.3 Å². The second kappa shape index (κ2) is 10.5. The fourth-order valence-corrected chi connectivity index (χ4v) is 4.98. The zero-order chi connectivity index (χ0) is 27.8. The number of rotatable bonds is 6. The van der Waals surface area contributed by atoms with Crippen molar-refractivity contribution in [1.82, 2.24) is 29.6 Å². The van der Waals surface area contributed by atoms with Crippen LogP contribution >= 0.6 is 15.9 Å². The molecule has 0 bridgehead atoms. The minimum Gasteiger partial charge on any atom is -0.326 e. The first-order valence-electron chi connectivity index (χ1n) is 12.1. The maximum atomic E-state index is 14.4. The van der Waals surface area contributed by atoms with Gasteiger partial charge in [0.1, 0.15) is 40.7 Å². The summed E-state index contributed by atoms with van der Waals surface area (Å²) < 4.78 is 16.3. The quantitative estimate of drug-likeness (QED) is 0.257. The zero-order valence-electron chi connectivity index (χ0n) is 20.9. The van der Waals surface area contributed by atoms with Gasteiger partial charge in [-0.05, 0) is 52.7 Å². The van der Waals surface area contributed by atoms with E-state index in [1.807, 2.05) is 0 Å². The van der Waals surface area contributed by atoms with Crippen molar-refractivity contribution in [3.63, 3.8) is 0 Å². The van der Waals surface area contributed by atoms with Crippen LogP contribution in [0.2, 0.25) is 0 Å². The molecule has 0 unspecified atom stereocenters. The number of carbonyl (C=O) groups excluding carboxylic acids is 3. The summed E-state index contributed by atoms with van der Waals surface area (Å²) in [6.07, 6.45) is -0.0649. The number of alkyl halides is 1. The van der Waals surface area contributed by atoms with Gasteiger partial charge in [0.25, 0.3) is 5.56 Å². The van der Waals surface area contributed by atoms with Gasteiger partial charge < -0.3 is 15.2 Å². The highest BCUT2D eigenvalue weighted by atomic mass is 79.9. The van der Waals surface area contributed by atoms with Gasteiger partial charge in [0, 0.05) is 24.9 Å². The van der Waals surface area contributed by atoms with Crippen molar-refractivity contribution in [1.29, 1.82) is 0 Å². The lowest BCUT2D eigenvalue weighted by Crippen LogP contribution is -2.44. The van der Waals surface area contributed by atoms with Gasteiger partial charge in [-0.1, -0.05) is 12.1 Å². The minimum atomic E-state index is -1.37. The molecule has 1 aliphatic heterocycles. The summed E-state index contributed by atoms with van der Waals surface area (Å²) in [7, 11) is 0. The smallest absolute Gasteiger partial charge is 0.258 e. The van der Waals surface area contributed by atoms with Crippen molar-refractivity contribution in [2.45, 2.75) is 39.0 Å². The van der Waals surface area contributed by atoms with Crippen LogP contribution in [0.1, 0.15) is 29.7 Å². The van der Waals surface area contributed by atoms with Gasteiger partial charge in [-0.3, -0.25) is 23.9 Å². The summed E-state index contributed by atoms with van der Waals surface area (Å²) in [5, 5.41) is 7.43. The number of fused-ring (bicyclic) bond motifs is 1. The molecule has 2 amide bonds. The fourth-order valence-electron chi connectivity index (χ4n) is 4.63. The molecule has 5 rings (SSSR count). The number of aromatic amines is 1. The standard InChI is InChI=1S/C26H23BrFN7O4/c1-13(36)24-17-8-15(18-10-29-14(2)30-25(18)38)6-7-19(17)35(33-24)12-23(37)34-11-16(28)9-20(34)26(39)32-22-5-3-4-21(27)31-22/h3-8,10,16,20H,9,11-12H2,1-2H3,(H,29,30,38)(H,31,32,39)/t16-,20+/m1/s1. The number of nitrogens with one attached hydrogen (secondary N) is 2. The van der Waals surface area contributed by atoms with Gasteiger partial charge in [-0.2, -0.15) is 5.10 Å². The second-order valence-electron chi connectivity index (χ2n) is 9.24. The molecule has 0 spiro atoms. The van der Waals surface area contributed by atoms with Crippen LogP contribution in [0.5, 0.6) is 0 Å². The van der Waals surface area contributed by atoms with Crippen LogP contribution in [0, 0.1) is 6.92 Å². The van der Waals surface area contributed by atoms with Gasteiger partial charge in [0.05, 0.1) is 17.6 Å². The summed E-state index contributed by atoms with van der Waals surface area (Å²) >= 11 is 3.23. The summed E-state index contributed by atoms with van der Waals surface area (Å²) in [5.41, 5.74) is 1.12. The molecular weight excluding hydrogens is 573 g/mol. The predicted octanol–water partition coefficient (Wildman–Crippen LogP) is 3.03. The van der Waals surface area contributed by atoms with Gasteiger partial charge in [-0.15, -0.1) is 0 Å². The Morgan fingerprint density at radius 1 is 1.23 bits per heavy atom. The first-order valence-corrected chi connectivity index (χ1v) is 12.8. The first kappa shape index (κ1) is 26.4. The Hall–Kier alpha value is -4.26. The second-order valence-corrected chi connectivity index (χ2v) is 10.0.